The van der Waals surface area contributed by atoms with Gasteiger partial charge in [-0.05, 0) is 13.6 Å². The Kier molecular flexibility index (Phi) is 34.6. The Morgan fingerprint density at radius 3 is 1.73 bits per heavy atom. The lowest BCUT2D eigenvalue weighted by Crippen LogP contribution is -1.79. The van der Waals surface area contributed by atoms with E-state index in [2.05, 4.69) is 16.7 Å². The fraction of sp³-hybridized carbons (Fsp3) is 0.625. The van der Waals surface area contributed by atoms with E-state index in [4.69, 9.17) is 0 Å². The molecule has 0 fully saturated rings. The molecule has 0 aliphatic rings. The first-order chi connectivity index (χ1) is 5.31. The lowest BCUT2D eigenvalue weighted by molar-refractivity contribution is 0.257. The normalized spacial score (nSPS) is 7.00. The van der Waals surface area contributed by atoms with E-state index in [9.17, 15) is 4.79 Å². The fourth-order valence-electron chi connectivity index (χ4n) is 0.151. The van der Waals surface area contributed by atoms with E-state index in [0.29, 0.717) is 0 Å². The van der Waals surface area contributed by atoms with Crippen LogP contribution in [0.25, 0.3) is 0 Å². The predicted molar refractivity (Wildman–Crippen MR) is 51.8 cm³/mol. The van der Waals surface area contributed by atoms with Gasteiger partial charge in [-0.25, -0.2) is 14.8 Å². The molecule has 0 atom stereocenters. The summed E-state index contributed by atoms with van der Waals surface area (Å²) >= 11 is 0. The maximum absolute atomic E-state index is 9.98. The minimum Gasteiger partial charge on any atom is -0.244 e. The third-order valence-corrected chi connectivity index (χ3v) is 0.375. The van der Waals surface area contributed by atoms with Crippen LogP contribution in [0.5, 0.6) is 0 Å². The number of rotatable bonds is 0. The smallest absolute Gasteiger partial charge is 0.244 e. The van der Waals surface area contributed by atoms with Crippen LogP contribution in [-0.2, 0) is 0 Å². The van der Waals surface area contributed by atoms with Gasteiger partial charge in [0.15, 0.2) is 0 Å². The molecule has 0 rings (SSSR count). The van der Waals surface area contributed by atoms with Gasteiger partial charge >= 0.3 is 6.03 Å². The Balaban J connectivity index is -0.000000138. The Morgan fingerprint density at radius 1 is 1.27 bits per heavy atom. The maximum atomic E-state index is 9.98. The van der Waals surface area contributed by atoms with Crippen LogP contribution in [0.1, 0.15) is 34.6 Å². The fourth-order valence-corrected chi connectivity index (χ4v) is 0.151. The summed E-state index contributed by atoms with van der Waals surface area (Å²) in [5.74, 6) is 0. The zero-order valence-electron chi connectivity index (χ0n) is 8.09. The third-order valence-electron chi connectivity index (χ3n) is 0.375. The molecule has 0 aliphatic carbocycles. The number of nitrogens with zero attached hydrogens (tertiary/aromatic N) is 2. The maximum Gasteiger partial charge on any atom is 0.366 e. The number of carbonyl (C=O) groups excluding carboxylic acids is 1. The van der Waals surface area contributed by atoms with Gasteiger partial charge in [-0.3, -0.25) is 0 Å². The van der Waals surface area contributed by atoms with E-state index in [0.717, 1.165) is 0 Å². The van der Waals surface area contributed by atoms with Crippen molar-refractivity contribution in [1.82, 2.24) is 0 Å². The second kappa shape index (κ2) is 23.0. The van der Waals surface area contributed by atoms with Gasteiger partial charge in [-0.1, -0.05) is 27.7 Å². The molecule has 0 aromatic carbocycles. The number of amides is 2. The molecule has 0 aliphatic heterocycles. The summed E-state index contributed by atoms with van der Waals surface area (Å²) in [6.07, 6.45) is 1.37. The SMILES string of the molecule is C=NC(=O)N=CC.CC.CC. The van der Waals surface area contributed by atoms with Crippen molar-refractivity contribution >= 4 is 19.0 Å². The van der Waals surface area contributed by atoms with Crippen molar-refractivity contribution in [1.29, 1.82) is 0 Å². The van der Waals surface area contributed by atoms with E-state index < -0.39 is 6.03 Å². The van der Waals surface area contributed by atoms with Crippen molar-refractivity contribution < 1.29 is 4.79 Å². The first-order valence-electron chi connectivity index (χ1n) is 3.80. The Labute approximate surface area is 69.3 Å². The number of hydrogen-bond acceptors (Lipinski definition) is 1. The molecule has 0 bridgehead atoms. The Bertz CT molecular complexity index is 109. The van der Waals surface area contributed by atoms with Crippen molar-refractivity contribution in [2.45, 2.75) is 34.6 Å². The van der Waals surface area contributed by atoms with E-state index >= 15 is 0 Å². The molecule has 0 heterocycles. The molecule has 0 N–H and O–H groups in total. The summed E-state index contributed by atoms with van der Waals surface area (Å²) in [6.45, 7) is 12.6. The van der Waals surface area contributed by atoms with Gasteiger partial charge in [0.1, 0.15) is 0 Å². The van der Waals surface area contributed by atoms with E-state index in [1.54, 1.807) is 6.92 Å². The standard InChI is InChI=1S/C4H6N2O.2C2H6/c1-3-6-4(7)5-2;2*1-2/h3H,2H2,1H3;2*1-2H3. The largest absolute Gasteiger partial charge is 0.366 e. The van der Waals surface area contributed by atoms with Crippen LogP contribution in [-0.4, -0.2) is 19.0 Å². The van der Waals surface area contributed by atoms with Crippen molar-refractivity contribution in [2.24, 2.45) is 9.98 Å². The monoisotopic (exact) mass is 158 g/mol. The molecule has 0 saturated heterocycles. The van der Waals surface area contributed by atoms with Gasteiger partial charge in [0.25, 0.3) is 0 Å². The van der Waals surface area contributed by atoms with Crippen LogP contribution in [0.2, 0.25) is 0 Å². The molecule has 11 heavy (non-hydrogen) atoms. The van der Waals surface area contributed by atoms with Crippen LogP contribution in [0, 0.1) is 0 Å². The second-order valence-electron chi connectivity index (χ2n) is 0.828. The van der Waals surface area contributed by atoms with Crippen LogP contribution in [0.4, 0.5) is 4.79 Å². The quantitative estimate of drug-likeness (QED) is 0.500. The molecular weight excluding hydrogens is 140 g/mol. The van der Waals surface area contributed by atoms with Gasteiger partial charge in [-0.2, -0.15) is 0 Å². The molecule has 0 aromatic heterocycles. The molecule has 0 saturated carbocycles. The van der Waals surface area contributed by atoms with Gasteiger partial charge in [-0.15, -0.1) is 0 Å². The summed E-state index contributed by atoms with van der Waals surface area (Å²) < 4.78 is 0. The number of carbonyl (C=O) groups is 1. The molecular formula is C8H18N2O. The number of aliphatic imine (C=N–C) groups is 2. The van der Waals surface area contributed by atoms with Crippen molar-refractivity contribution in [2.75, 3.05) is 0 Å². The van der Waals surface area contributed by atoms with Crippen molar-refractivity contribution in [3.63, 3.8) is 0 Å². The van der Waals surface area contributed by atoms with Crippen molar-refractivity contribution in [3.8, 4) is 0 Å². The topological polar surface area (TPSA) is 41.8 Å². The van der Waals surface area contributed by atoms with Gasteiger partial charge in [0.05, 0.1) is 0 Å². The van der Waals surface area contributed by atoms with E-state index in [1.807, 2.05) is 27.7 Å². The summed E-state index contributed by atoms with van der Waals surface area (Å²) in [5.41, 5.74) is 0. The lowest BCUT2D eigenvalue weighted by Gasteiger charge is -1.72. The summed E-state index contributed by atoms with van der Waals surface area (Å²) in [7, 11) is 0. The second-order valence-corrected chi connectivity index (χ2v) is 0.828. The van der Waals surface area contributed by atoms with Gasteiger partial charge in [0, 0.05) is 6.21 Å². The highest BCUT2D eigenvalue weighted by Gasteiger charge is 1.81. The van der Waals surface area contributed by atoms with Crippen LogP contribution in [0.3, 0.4) is 0 Å². The first kappa shape index (κ1) is 16.5. The summed E-state index contributed by atoms with van der Waals surface area (Å²) in [6, 6.07) is -0.539. The summed E-state index contributed by atoms with van der Waals surface area (Å²) in [5, 5.41) is 0. The molecule has 0 spiro atoms. The van der Waals surface area contributed by atoms with Gasteiger partial charge < -0.3 is 0 Å². The van der Waals surface area contributed by atoms with Gasteiger partial charge in [0.2, 0.25) is 0 Å². The van der Waals surface area contributed by atoms with E-state index in [1.165, 1.54) is 6.21 Å². The zero-order chi connectivity index (χ0) is 9.70. The zero-order valence-corrected chi connectivity index (χ0v) is 8.09. The molecule has 0 aromatic rings. The average molecular weight is 158 g/mol. The van der Waals surface area contributed by atoms with Crippen LogP contribution < -0.4 is 0 Å². The predicted octanol–water partition coefficient (Wildman–Crippen LogP) is 2.95. The lowest BCUT2D eigenvalue weighted by atomic mass is 10.9. The minimum atomic E-state index is -0.539. The highest BCUT2D eigenvalue weighted by atomic mass is 16.2. The average Bonchev–Trinajstić information content (AvgIpc) is 2.12. The minimum absolute atomic E-state index is 0.539. The molecule has 0 unspecified atom stereocenters. The highest BCUT2D eigenvalue weighted by Crippen LogP contribution is 1.74. The van der Waals surface area contributed by atoms with E-state index in [-0.39, 0.29) is 0 Å². The van der Waals surface area contributed by atoms with Crippen LogP contribution >= 0.6 is 0 Å². The van der Waals surface area contributed by atoms with Crippen molar-refractivity contribution in [3.05, 3.63) is 0 Å². The number of urea groups is 1. The molecule has 3 nitrogen and oxygen atoms in total. The Hall–Kier alpha value is -0.990. The number of hydrogen-bond donors (Lipinski definition) is 0. The highest BCUT2D eigenvalue weighted by molar-refractivity contribution is 5.85. The molecule has 3 heteroatoms. The third kappa shape index (κ3) is 27.5. The molecule has 66 valence electrons. The summed E-state index contributed by atoms with van der Waals surface area (Å²) in [4.78, 5) is 16.2. The van der Waals surface area contributed by atoms with Crippen LogP contribution in [0.15, 0.2) is 9.98 Å². The first-order valence-corrected chi connectivity index (χ1v) is 3.80. The molecule has 2 amide bonds. The Morgan fingerprint density at radius 2 is 1.64 bits per heavy atom. The molecule has 0 radical (unpaired) electrons.